The van der Waals surface area contributed by atoms with Crippen molar-refractivity contribution >= 4 is 17.7 Å². The van der Waals surface area contributed by atoms with Gasteiger partial charge in [-0.15, -0.1) is 0 Å². The van der Waals surface area contributed by atoms with Crippen LogP contribution >= 0.6 is 0 Å². The molecule has 0 saturated carbocycles. The number of hydrogen-bond acceptors (Lipinski definition) is 5. The first-order chi connectivity index (χ1) is 14.2. The van der Waals surface area contributed by atoms with Crippen LogP contribution in [0.25, 0.3) is 0 Å². The smallest absolute Gasteiger partial charge is 0.240 e. The molecular formula is C22H26FN3O4. The van der Waals surface area contributed by atoms with Crippen LogP contribution in [0.15, 0.2) is 47.1 Å². The lowest BCUT2D eigenvalue weighted by Crippen LogP contribution is -2.44. The summed E-state index contributed by atoms with van der Waals surface area (Å²) in [7, 11) is 5.30. The Morgan fingerprint density at radius 3 is 2.60 bits per heavy atom. The first kappa shape index (κ1) is 21.7. The van der Waals surface area contributed by atoms with Crippen molar-refractivity contribution in [3.8, 4) is 0 Å². The first-order valence-corrected chi connectivity index (χ1v) is 9.75. The molecule has 1 aliphatic heterocycles. The number of amides is 3. The normalized spacial score (nSPS) is 19.0. The Balaban J connectivity index is 1.90. The number of benzene rings is 1. The lowest BCUT2D eigenvalue weighted by molar-refractivity contribution is -0.142. The van der Waals surface area contributed by atoms with Gasteiger partial charge in [-0.25, -0.2) is 4.39 Å². The summed E-state index contributed by atoms with van der Waals surface area (Å²) in [5.74, 6) is -1.05. The van der Waals surface area contributed by atoms with Gasteiger partial charge in [0.05, 0.1) is 18.2 Å². The molecule has 160 valence electrons. The summed E-state index contributed by atoms with van der Waals surface area (Å²) < 4.78 is 19.3. The predicted octanol–water partition coefficient (Wildman–Crippen LogP) is 2.03. The number of hydrogen-bond donors (Lipinski definition) is 0. The standard InChI is InChI=1S/C22H26FN3O4/c1-24(2)9-10-26-20(28)14-22(21(26)29,16-6-4-7-17(23)12-16)13-19(27)25(3)15-18-8-5-11-30-18/h4-8,11-12H,9-10,13-15H2,1-3H3/t22-/m1/s1. The van der Waals surface area contributed by atoms with E-state index in [1.807, 2.05) is 19.0 Å². The summed E-state index contributed by atoms with van der Waals surface area (Å²) in [6.07, 6.45) is 1.13. The molecule has 7 nitrogen and oxygen atoms in total. The molecule has 0 N–H and O–H groups in total. The van der Waals surface area contributed by atoms with Gasteiger partial charge >= 0.3 is 0 Å². The topological polar surface area (TPSA) is 74.1 Å². The predicted molar refractivity (Wildman–Crippen MR) is 108 cm³/mol. The molecule has 2 heterocycles. The van der Waals surface area contributed by atoms with Crippen LogP contribution < -0.4 is 0 Å². The fraction of sp³-hybridized carbons (Fsp3) is 0.409. The summed E-state index contributed by atoms with van der Waals surface area (Å²) in [6, 6.07) is 9.07. The van der Waals surface area contributed by atoms with Crippen molar-refractivity contribution in [3.05, 3.63) is 59.8 Å². The summed E-state index contributed by atoms with van der Waals surface area (Å²) in [4.78, 5) is 43.7. The Bertz CT molecular complexity index is 928. The van der Waals surface area contributed by atoms with Crippen molar-refractivity contribution in [2.24, 2.45) is 0 Å². The molecule has 1 saturated heterocycles. The molecule has 1 aromatic carbocycles. The van der Waals surface area contributed by atoms with Crippen molar-refractivity contribution in [2.75, 3.05) is 34.2 Å². The van der Waals surface area contributed by atoms with Gasteiger partial charge in [0.1, 0.15) is 11.6 Å². The summed E-state index contributed by atoms with van der Waals surface area (Å²) in [5, 5.41) is 0. The Hall–Kier alpha value is -3.00. The molecule has 1 atom stereocenters. The highest BCUT2D eigenvalue weighted by Crippen LogP contribution is 2.40. The highest BCUT2D eigenvalue weighted by atomic mass is 19.1. The van der Waals surface area contributed by atoms with Crippen LogP contribution in [0.1, 0.15) is 24.2 Å². The number of likely N-dealkylation sites (N-methyl/N-ethyl adjacent to an activating group) is 1. The van der Waals surface area contributed by atoms with E-state index >= 15 is 0 Å². The van der Waals surface area contributed by atoms with Gasteiger partial charge in [0.2, 0.25) is 17.7 Å². The van der Waals surface area contributed by atoms with E-state index in [4.69, 9.17) is 4.42 Å². The fourth-order valence-electron chi connectivity index (χ4n) is 3.70. The number of imide groups is 1. The summed E-state index contributed by atoms with van der Waals surface area (Å²) in [6.45, 7) is 0.957. The van der Waals surface area contributed by atoms with Crippen molar-refractivity contribution in [2.45, 2.75) is 24.8 Å². The molecule has 1 aliphatic rings. The van der Waals surface area contributed by atoms with Gasteiger partial charge in [0, 0.05) is 33.0 Å². The summed E-state index contributed by atoms with van der Waals surface area (Å²) in [5.41, 5.74) is -1.08. The van der Waals surface area contributed by atoms with Crippen LogP contribution in [0, 0.1) is 5.82 Å². The first-order valence-electron chi connectivity index (χ1n) is 9.75. The van der Waals surface area contributed by atoms with E-state index in [1.54, 1.807) is 25.2 Å². The second kappa shape index (κ2) is 8.79. The number of nitrogens with zero attached hydrogens (tertiary/aromatic N) is 3. The average molecular weight is 415 g/mol. The van der Waals surface area contributed by atoms with Gasteiger partial charge in [0.25, 0.3) is 0 Å². The minimum atomic E-state index is -1.42. The van der Waals surface area contributed by atoms with E-state index in [0.29, 0.717) is 17.9 Å². The number of likely N-dealkylation sites (tertiary alicyclic amines) is 1. The van der Waals surface area contributed by atoms with Gasteiger partial charge in [-0.1, -0.05) is 12.1 Å². The molecule has 30 heavy (non-hydrogen) atoms. The summed E-state index contributed by atoms with van der Waals surface area (Å²) >= 11 is 0. The quantitative estimate of drug-likeness (QED) is 0.617. The van der Waals surface area contributed by atoms with E-state index in [2.05, 4.69) is 0 Å². The third-order valence-electron chi connectivity index (χ3n) is 5.41. The maximum atomic E-state index is 14.0. The van der Waals surface area contributed by atoms with Gasteiger partial charge in [-0.3, -0.25) is 19.3 Å². The molecule has 3 amide bonds. The molecule has 0 aliphatic carbocycles. The molecular weight excluding hydrogens is 389 g/mol. The van der Waals surface area contributed by atoms with Gasteiger partial charge in [0.15, 0.2) is 0 Å². The molecule has 0 unspecified atom stereocenters. The third-order valence-corrected chi connectivity index (χ3v) is 5.41. The molecule has 3 rings (SSSR count). The Labute approximate surface area is 175 Å². The lowest BCUT2D eigenvalue weighted by Gasteiger charge is -2.29. The molecule has 1 fully saturated rings. The van der Waals surface area contributed by atoms with Crippen molar-refractivity contribution in [1.82, 2.24) is 14.7 Å². The SMILES string of the molecule is CN(C)CCN1C(=O)C[C@](CC(=O)N(C)Cc2ccco2)(c2cccc(F)c2)C1=O. The van der Waals surface area contributed by atoms with Gasteiger partial charge < -0.3 is 14.2 Å². The largest absolute Gasteiger partial charge is 0.467 e. The van der Waals surface area contributed by atoms with E-state index < -0.39 is 17.1 Å². The zero-order valence-electron chi connectivity index (χ0n) is 17.4. The number of furan rings is 1. The monoisotopic (exact) mass is 415 g/mol. The number of carbonyl (C=O) groups excluding carboxylic acids is 3. The van der Waals surface area contributed by atoms with Gasteiger partial charge in [-0.05, 0) is 43.9 Å². The third kappa shape index (κ3) is 4.43. The lowest BCUT2D eigenvalue weighted by atomic mass is 9.75. The zero-order chi connectivity index (χ0) is 21.9. The van der Waals surface area contributed by atoms with Crippen LogP contribution in [0.2, 0.25) is 0 Å². The molecule has 0 bridgehead atoms. The Morgan fingerprint density at radius 1 is 1.20 bits per heavy atom. The number of rotatable bonds is 8. The minimum Gasteiger partial charge on any atom is -0.467 e. The van der Waals surface area contributed by atoms with E-state index in [9.17, 15) is 18.8 Å². The van der Waals surface area contributed by atoms with Gasteiger partial charge in [-0.2, -0.15) is 0 Å². The van der Waals surface area contributed by atoms with Crippen molar-refractivity contribution in [3.63, 3.8) is 0 Å². The van der Waals surface area contributed by atoms with Crippen LogP contribution in [0.4, 0.5) is 4.39 Å². The molecule has 0 spiro atoms. The maximum absolute atomic E-state index is 14.0. The second-order valence-electron chi connectivity index (χ2n) is 7.93. The Morgan fingerprint density at radius 2 is 1.97 bits per heavy atom. The highest BCUT2D eigenvalue weighted by Gasteiger charge is 2.54. The number of carbonyl (C=O) groups is 3. The molecule has 1 aromatic heterocycles. The van der Waals surface area contributed by atoms with E-state index in [-0.39, 0.29) is 37.7 Å². The Kier molecular flexibility index (Phi) is 6.36. The highest BCUT2D eigenvalue weighted by molar-refractivity contribution is 6.10. The molecule has 2 aromatic rings. The van der Waals surface area contributed by atoms with Crippen LogP contribution in [0.3, 0.4) is 0 Å². The fourth-order valence-corrected chi connectivity index (χ4v) is 3.70. The van der Waals surface area contributed by atoms with E-state index in [1.165, 1.54) is 34.3 Å². The van der Waals surface area contributed by atoms with Crippen LogP contribution in [-0.4, -0.2) is 66.7 Å². The van der Waals surface area contributed by atoms with Crippen LogP contribution in [-0.2, 0) is 26.3 Å². The number of halogens is 1. The minimum absolute atomic E-state index is 0.164. The molecule has 8 heteroatoms. The van der Waals surface area contributed by atoms with Crippen molar-refractivity contribution < 1.29 is 23.2 Å². The zero-order valence-corrected chi connectivity index (χ0v) is 17.4. The average Bonchev–Trinajstić information content (AvgIpc) is 3.27. The van der Waals surface area contributed by atoms with E-state index in [0.717, 1.165) is 0 Å². The van der Waals surface area contributed by atoms with Crippen LogP contribution in [0.5, 0.6) is 0 Å². The molecule has 0 radical (unpaired) electrons. The second-order valence-corrected chi connectivity index (χ2v) is 7.93. The maximum Gasteiger partial charge on any atom is 0.240 e. The van der Waals surface area contributed by atoms with Crippen molar-refractivity contribution in [1.29, 1.82) is 0 Å².